The van der Waals surface area contributed by atoms with Crippen molar-refractivity contribution >= 4 is 71.9 Å². The standard InChI is InChI=1S/C69H62BNS/c1-37-23-55-53-28-44-13-16-49(68-33-38(2)21-45-25-47(35-68)65(45)68)30-52(44)54-31-50(69-34-39(3)22-46-26-48(36-69)66(46)69)32-58(62(53)54)70-67(55)57(24-37)63-59(71-51-17-14-41(15-18-51)40-9-5-4-6-10-40)19-20-60-64(63)56-27-42-11-7-8-12-43(42)29-61(56)72-60/h4-20,23-24,27,29-32,38-39,45-48,53,65-66,70-71H,21-22,25-26,28,33-36H2,1-3H3. The predicted molar refractivity (Wildman–Crippen MR) is 306 cm³/mol. The van der Waals surface area contributed by atoms with E-state index in [0.29, 0.717) is 16.7 Å². The zero-order chi connectivity index (χ0) is 47.4. The molecule has 6 saturated carbocycles. The fourth-order valence-corrected chi connectivity index (χ4v) is 20.1. The zero-order valence-electron chi connectivity index (χ0n) is 42.0. The molecule has 9 aromatic rings. The normalized spacial score (nSPS) is 30.6. The number of rotatable bonds is 6. The second-order valence-corrected chi connectivity index (χ2v) is 26.5. The van der Waals surface area contributed by atoms with Gasteiger partial charge in [-0.3, -0.25) is 0 Å². The highest BCUT2D eigenvalue weighted by atomic mass is 32.1. The third kappa shape index (κ3) is 5.62. The lowest BCUT2D eigenvalue weighted by Crippen LogP contribution is -2.65. The molecule has 2 heterocycles. The van der Waals surface area contributed by atoms with E-state index in [0.717, 1.165) is 66.7 Å². The molecule has 6 fully saturated rings. The van der Waals surface area contributed by atoms with E-state index in [1.807, 2.05) is 11.3 Å². The molecule has 0 amide bonds. The van der Waals surface area contributed by atoms with Crippen molar-refractivity contribution in [3.8, 4) is 33.4 Å². The van der Waals surface area contributed by atoms with Crippen LogP contribution in [0.15, 0.2) is 146 Å². The van der Waals surface area contributed by atoms with Gasteiger partial charge in [-0.1, -0.05) is 140 Å². The summed E-state index contributed by atoms with van der Waals surface area (Å²) in [6.45, 7) is 7.52. The Labute approximate surface area is 429 Å². The lowest BCUT2D eigenvalue weighted by atomic mass is 9.34. The molecule has 8 aliphatic rings. The minimum Gasteiger partial charge on any atom is -0.355 e. The monoisotopic (exact) mass is 947 g/mol. The summed E-state index contributed by atoms with van der Waals surface area (Å²) in [4.78, 5) is 0. The minimum atomic E-state index is 0.333. The molecule has 1 nitrogen and oxygen atoms in total. The third-order valence-corrected chi connectivity index (χ3v) is 22.5. The summed E-state index contributed by atoms with van der Waals surface area (Å²) in [5, 5.41) is 9.44. The largest absolute Gasteiger partial charge is 0.355 e. The van der Waals surface area contributed by atoms with Crippen molar-refractivity contribution in [1.29, 1.82) is 0 Å². The number of fused-ring (bicyclic) bond motifs is 8. The van der Waals surface area contributed by atoms with Gasteiger partial charge in [0.25, 0.3) is 0 Å². The van der Waals surface area contributed by atoms with Gasteiger partial charge in [0.15, 0.2) is 7.28 Å². The highest BCUT2D eigenvalue weighted by Gasteiger charge is 2.67. The number of anilines is 2. The van der Waals surface area contributed by atoms with Crippen LogP contribution in [0.1, 0.15) is 105 Å². The molecule has 7 aliphatic carbocycles. The quantitative estimate of drug-likeness (QED) is 0.164. The van der Waals surface area contributed by atoms with Gasteiger partial charge in [-0.05, 0) is 226 Å². The van der Waals surface area contributed by atoms with E-state index >= 15 is 0 Å². The van der Waals surface area contributed by atoms with E-state index in [1.165, 1.54) is 116 Å². The summed E-state index contributed by atoms with van der Waals surface area (Å²) in [5.41, 5.74) is 24.2. The first kappa shape index (κ1) is 41.6. The van der Waals surface area contributed by atoms with Crippen LogP contribution in [0.2, 0.25) is 0 Å². The Morgan fingerprint density at radius 2 is 1.26 bits per heavy atom. The van der Waals surface area contributed by atoms with E-state index < -0.39 is 0 Å². The van der Waals surface area contributed by atoms with Crippen molar-refractivity contribution in [2.75, 3.05) is 5.32 Å². The maximum Gasteiger partial charge on any atom is 0.193 e. The molecule has 1 N–H and O–H groups in total. The fourth-order valence-electron chi connectivity index (χ4n) is 19.0. The number of hydrogen-bond donors (Lipinski definition) is 1. The van der Waals surface area contributed by atoms with Crippen molar-refractivity contribution in [3.63, 3.8) is 0 Å². The molecule has 11 atom stereocenters. The first-order chi connectivity index (χ1) is 35.2. The molecule has 0 saturated heterocycles. The molecular weight excluding hydrogens is 886 g/mol. The Bertz CT molecular complexity index is 3810. The average Bonchev–Trinajstić information content (AvgIpc) is 3.73. The summed E-state index contributed by atoms with van der Waals surface area (Å²) in [5.74, 6) is 7.60. The fraction of sp³-hybridized carbons (Fsp3) is 0.333. The van der Waals surface area contributed by atoms with Crippen molar-refractivity contribution < 1.29 is 0 Å². The molecule has 3 heteroatoms. The summed E-state index contributed by atoms with van der Waals surface area (Å²) < 4.78 is 2.72. The van der Waals surface area contributed by atoms with Gasteiger partial charge in [-0.15, -0.1) is 11.3 Å². The van der Waals surface area contributed by atoms with Gasteiger partial charge in [0.1, 0.15) is 0 Å². The van der Waals surface area contributed by atoms with E-state index in [2.05, 4.69) is 172 Å². The summed E-state index contributed by atoms with van der Waals surface area (Å²) in [6, 6.07) is 57.5. The molecule has 1 aliphatic heterocycles. The smallest absolute Gasteiger partial charge is 0.193 e. The van der Waals surface area contributed by atoms with E-state index in [1.54, 1.807) is 49.9 Å². The maximum atomic E-state index is 4.08. The van der Waals surface area contributed by atoms with Crippen LogP contribution in [0.5, 0.6) is 0 Å². The van der Waals surface area contributed by atoms with Crippen LogP contribution in [0.4, 0.5) is 11.4 Å². The number of hydrogen-bond acceptors (Lipinski definition) is 2. The lowest BCUT2D eigenvalue weighted by molar-refractivity contribution is -0.159. The van der Waals surface area contributed by atoms with Crippen LogP contribution in [0, 0.1) is 54.3 Å². The second kappa shape index (κ2) is 14.7. The summed E-state index contributed by atoms with van der Waals surface area (Å²) in [7, 11) is 0.981. The van der Waals surface area contributed by atoms with Gasteiger partial charge in [0.2, 0.25) is 0 Å². The molecule has 0 spiro atoms. The molecule has 8 aromatic carbocycles. The molecule has 72 heavy (non-hydrogen) atoms. The molecule has 1 aromatic heterocycles. The molecule has 352 valence electrons. The molecule has 11 unspecified atom stereocenters. The number of nitrogens with one attached hydrogen (secondary N) is 1. The lowest BCUT2D eigenvalue weighted by Gasteiger charge is -2.70. The van der Waals surface area contributed by atoms with Crippen LogP contribution in [-0.4, -0.2) is 7.28 Å². The molecule has 0 bridgehead atoms. The van der Waals surface area contributed by atoms with Gasteiger partial charge >= 0.3 is 0 Å². The van der Waals surface area contributed by atoms with Gasteiger partial charge in [-0.25, -0.2) is 0 Å². The highest BCUT2D eigenvalue weighted by molar-refractivity contribution is 7.26. The van der Waals surface area contributed by atoms with Crippen molar-refractivity contribution in [2.45, 2.75) is 95.3 Å². The van der Waals surface area contributed by atoms with E-state index in [-0.39, 0.29) is 0 Å². The first-order valence-corrected chi connectivity index (χ1v) is 28.8. The molecular formula is C69H62BNS. The molecule has 17 rings (SSSR count). The highest BCUT2D eigenvalue weighted by Crippen LogP contribution is 2.73. The minimum absolute atomic E-state index is 0.333. The number of thiophene rings is 1. The van der Waals surface area contributed by atoms with Crippen LogP contribution < -0.4 is 16.2 Å². The topological polar surface area (TPSA) is 12.0 Å². The number of aryl methyl sites for hydroxylation is 1. The van der Waals surface area contributed by atoms with Crippen LogP contribution >= 0.6 is 11.3 Å². The Morgan fingerprint density at radius 1 is 0.569 bits per heavy atom. The van der Waals surface area contributed by atoms with Gasteiger partial charge in [0.05, 0.1) is 0 Å². The SMILES string of the molecule is Cc1cc(-c2c(Nc3ccc(-c4ccccc4)cc3)ccc3sc4cc5ccccc5cc4c23)c2c(c1)C1Cc3ccc(C45CC(C)CC6CC(C4)C65)cc3-c3cc(C45CC(C)CC6CC(C4)C65)cc(c31)B2. The summed E-state index contributed by atoms with van der Waals surface area (Å²) >= 11 is 1.96. The van der Waals surface area contributed by atoms with Crippen LogP contribution in [0.25, 0.3) is 64.3 Å². The van der Waals surface area contributed by atoms with Crippen LogP contribution in [-0.2, 0) is 17.3 Å². The predicted octanol–water partition coefficient (Wildman–Crippen LogP) is 16.3. The van der Waals surface area contributed by atoms with Gasteiger partial charge in [0, 0.05) is 43.0 Å². The van der Waals surface area contributed by atoms with E-state index in [4.69, 9.17) is 0 Å². The average molecular weight is 948 g/mol. The van der Waals surface area contributed by atoms with Crippen molar-refractivity contribution in [3.05, 3.63) is 179 Å². The third-order valence-electron chi connectivity index (χ3n) is 21.4. The number of benzene rings is 8. The van der Waals surface area contributed by atoms with Crippen molar-refractivity contribution in [2.24, 2.45) is 47.3 Å². The Hall–Kier alpha value is -5.90. The molecule has 0 radical (unpaired) electrons. The Kier molecular flexibility index (Phi) is 8.46. The Balaban J connectivity index is 0.869. The van der Waals surface area contributed by atoms with E-state index in [9.17, 15) is 0 Å². The summed E-state index contributed by atoms with van der Waals surface area (Å²) in [6.07, 6.45) is 12.6. The maximum absolute atomic E-state index is 4.08. The van der Waals surface area contributed by atoms with Crippen LogP contribution in [0.3, 0.4) is 0 Å². The van der Waals surface area contributed by atoms with Gasteiger partial charge in [-0.2, -0.15) is 0 Å². The first-order valence-electron chi connectivity index (χ1n) is 28.0. The second-order valence-electron chi connectivity index (χ2n) is 25.4. The zero-order valence-corrected chi connectivity index (χ0v) is 42.8. The van der Waals surface area contributed by atoms with Crippen molar-refractivity contribution in [1.82, 2.24) is 0 Å². The Morgan fingerprint density at radius 3 is 2.01 bits per heavy atom. The van der Waals surface area contributed by atoms with Gasteiger partial charge < -0.3 is 5.32 Å².